The highest BCUT2D eigenvalue weighted by molar-refractivity contribution is 9.10. The topological polar surface area (TPSA) is 42.7 Å². The predicted octanol–water partition coefficient (Wildman–Crippen LogP) is 3.22. The van der Waals surface area contributed by atoms with Crippen LogP contribution in [-0.2, 0) is 6.54 Å². The van der Waals surface area contributed by atoms with E-state index in [1.807, 2.05) is 17.1 Å². The quantitative estimate of drug-likeness (QED) is 0.921. The van der Waals surface area contributed by atoms with Crippen molar-refractivity contribution < 1.29 is 0 Å². The van der Waals surface area contributed by atoms with Crippen molar-refractivity contribution in [3.63, 3.8) is 0 Å². The number of hydrogen-bond acceptors (Lipinski definition) is 4. The van der Waals surface area contributed by atoms with Gasteiger partial charge in [0.05, 0.1) is 17.2 Å². The van der Waals surface area contributed by atoms with Crippen LogP contribution in [0.4, 0.5) is 5.13 Å². The molecule has 0 saturated carbocycles. The van der Waals surface area contributed by atoms with Gasteiger partial charge in [0, 0.05) is 23.8 Å². The lowest BCUT2D eigenvalue weighted by Crippen LogP contribution is -2.07. The van der Waals surface area contributed by atoms with E-state index in [1.54, 1.807) is 17.5 Å². The van der Waals surface area contributed by atoms with Gasteiger partial charge in [-0.25, -0.2) is 4.98 Å². The van der Waals surface area contributed by atoms with E-state index >= 15 is 0 Å². The van der Waals surface area contributed by atoms with Crippen LogP contribution in [0.15, 0.2) is 23.1 Å². The molecule has 0 radical (unpaired) electrons. The molecule has 17 heavy (non-hydrogen) atoms. The number of anilines is 1. The third-order valence-corrected chi connectivity index (χ3v) is 3.48. The Morgan fingerprint density at radius 1 is 1.47 bits per heavy atom. The zero-order chi connectivity index (χ0) is 12.3. The Labute approximate surface area is 113 Å². The van der Waals surface area contributed by atoms with Crippen LogP contribution in [-0.4, -0.2) is 21.3 Å². The molecular formula is C11H15BrN4S. The largest absolute Gasteiger partial charge is 0.361 e. The number of aromatic nitrogens is 3. The third-order valence-electron chi connectivity index (χ3n) is 2.13. The van der Waals surface area contributed by atoms with Crippen molar-refractivity contribution in [2.24, 2.45) is 5.92 Å². The lowest BCUT2D eigenvalue weighted by molar-refractivity contribution is 0.688. The minimum absolute atomic E-state index is 0.629. The molecule has 2 aromatic rings. The van der Waals surface area contributed by atoms with E-state index in [4.69, 9.17) is 0 Å². The van der Waals surface area contributed by atoms with E-state index in [0.717, 1.165) is 22.7 Å². The SMILES string of the molecule is CC(C)CNc1ncc(Cn2cc(Br)cn2)s1. The van der Waals surface area contributed by atoms with Crippen molar-refractivity contribution in [2.75, 3.05) is 11.9 Å². The second-order valence-corrected chi connectivity index (χ2v) is 6.29. The molecule has 6 heteroatoms. The van der Waals surface area contributed by atoms with Crippen LogP contribution >= 0.6 is 27.3 Å². The van der Waals surface area contributed by atoms with Crippen LogP contribution < -0.4 is 5.32 Å². The fraction of sp³-hybridized carbons (Fsp3) is 0.455. The van der Waals surface area contributed by atoms with Crippen LogP contribution in [0.3, 0.4) is 0 Å². The molecule has 0 saturated heterocycles. The molecule has 1 N–H and O–H groups in total. The molecule has 0 spiro atoms. The average molecular weight is 315 g/mol. The first-order valence-corrected chi connectivity index (χ1v) is 7.11. The van der Waals surface area contributed by atoms with E-state index in [2.05, 4.69) is 45.2 Å². The van der Waals surface area contributed by atoms with Crippen molar-refractivity contribution in [1.29, 1.82) is 0 Å². The molecule has 0 atom stereocenters. The molecule has 2 rings (SSSR count). The first kappa shape index (κ1) is 12.6. The Kier molecular flexibility index (Phi) is 4.17. The number of hydrogen-bond donors (Lipinski definition) is 1. The van der Waals surface area contributed by atoms with Crippen LogP contribution in [0.25, 0.3) is 0 Å². The fourth-order valence-corrected chi connectivity index (χ4v) is 2.48. The van der Waals surface area contributed by atoms with Gasteiger partial charge in [0.1, 0.15) is 0 Å². The second kappa shape index (κ2) is 5.64. The molecule has 0 aliphatic heterocycles. The smallest absolute Gasteiger partial charge is 0.182 e. The summed E-state index contributed by atoms with van der Waals surface area (Å²) in [6, 6.07) is 0. The molecule has 0 unspecified atom stereocenters. The van der Waals surface area contributed by atoms with Crippen molar-refractivity contribution >= 4 is 32.4 Å². The summed E-state index contributed by atoms with van der Waals surface area (Å²) in [6.45, 7) is 6.10. The Bertz CT molecular complexity index is 477. The highest BCUT2D eigenvalue weighted by Gasteiger charge is 2.04. The van der Waals surface area contributed by atoms with Crippen LogP contribution in [0.1, 0.15) is 18.7 Å². The van der Waals surface area contributed by atoms with Gasteiger partial charge in [0.2, 0.25) is 0 Å². The van der Waals surface area contributed by atoms with E-state index in [9.17, 15) is 0 Å². The molecule has 2 aromatic heterocycles. The average Bonchev–Trinajstić information content (AvgIpc) is 2.86. The molecule has 4 nitrogen and oxygen atoms in total. The molecule has 0 aliphatic carbocycles. The Morgan fingerprint density at radius 2 is 2.29 bits per heavy atom. The van der Waals surface area contributed by atoms with Crippen LogP contribution in [0.5, 0.6) is 0 Å². The van der Waals surface area contributed by atoms with Crippen molar-refractivity contribution in [3.8, 4) is 0 Å². The number of halogens is 1. The minimum Gasteiger partial charge on any atom is -0.361 e. The summed E-state index contributed by atoms with van der Waals surface area (Å²) in [5, 5.41) is 8.53. The van der Waals surface area contributed by atoms with Gasteiger partial charge in [0.25, 0.3) is 0 Å². The molecule has 0 aromatic carbocycles. The molecule has 92 valence electrons. The normalized spacial score (nSPS) is 11.1. The highest BCUT2D eigenvalue weighted by Crippen LogP contribution is 2.19. The van der Waals surface area contributed by atoms with E-state index < -0.39 is 0 Å². The maximum atomic E-state index is 4.35. The summed E-state index contributed by atoms with van der Waals surface area (Å²) in [5.74, 6) is 0.629. The van der Waals surface area contributed by atoms with Crippen molar-refractivity contribution in [2.45, 2.75) is 20.4 Å². The predicted molar refractivity (Wildman–Crippen MR) is 74.5 cm³/mol. The van der Waals surface area contributed by atoms with Gasteiger partial charge >= 0.3 is 0 Å². The van der Waals surface area contributed by atoms with Gasteiger partial charge in [-0.05, 0) is 21.8 Å². The third kappa shape index (κ3) is 3.81. The van der Waals surface area contributed by atoms with Crippen LogP contribution in [0, 0.1) is 5.92 Å². The lowest BCUT2D eigenvalue weighted by atomic mass is 10.2. The van der Waals surface area contributed by atoms with E-state index in [0.29, 0.717) is 5.92 Å². The molecule has 0 bridgehead atoms. The first-order valence-electron chi connectivity index (χ1n) is 5.50. The zero-order valence-electron chi connectivity index (χ0n) is 9.85. The number of nitrogens with one attached hydrogen (secondary N) is 1. The number of nitrogens with zero attached hydrogens (tertiary/aromatic N) is 3. The van der Waals surface area contributed by atoms with Crippen molar-refractivity contribution in [1.82, 2.24) is 14.8 Å². The first-order chi connectivity index (χ1) is 8.13. The second-order valence-electron chi connectivity index (χ2n) is 4.26. The summed E-state index contributed by atoms with van der Waals surface area (Å²) in [4.78, 5) is 5.55. The minimum atomic E-state index is 0.629. The van der Waals surface area contributed by atoms with Crippen LogP contribution in [0.2, 0.25) is 0 Å². The summed E-state index contributed by atoms with van der Waals surface area (Å²) in [7, 11) is 0. The van der Waals surface area contributed by atoms with Gasteiger partial charge in [-0.1, -0.05) is 13.8 Å². The summed E-state index contributed by atoms with van der Waals surface area (Å²) in [5.41, 5.74) is 0. The Hall–Kier alpha value is -0.880. The Balaban J connectivity index is 1.94. The summed E-state index contributed by atoms with van der Waals surface area (Å²) >= 11 is 5.06. The maximum Gasteiger partial charge on any atom is 0.182 e. The summed E-state index contributed by atoms with van der Waals surface area (Å²) < 4.78 is 2.89. The van der Waals surface area contributed by atoms with Gasteiger partial charge < -0.3 is 5.32 Å². The van der Waals surface area contributed by atoms with E-state index in [-0.39, 0.29) is 0 Å². The fourth-order valence-electron chi connectivity index (χ4n) is 1.34. The molecule has 0 aliphatic rings. The highest BCUT2D eigenvalue weighted by atomic mass is 79.9. The maximum absolute atomic E-state index is 4.35. The number of thiazole rings is 1. The van der Waals surface area contributed by atoms with Gasteiger partial charge in [-0.15, -0.1) is 11.3 Å². The Morgan fingerprint density at radius 3 is 2.94 bits per heavy atom. The number of rotatable bonds is 5. The molecule has 2 heterocycles. The van der Waals surface area contributed by atoms with Gasteiger partial charge in [0.15, 0.2) is 5.13 Å². The standard InChI is InChI=1S/C11H15BrN4S/c1-8(2)3-13-11-14-5-10(17-11)7-16-6-9(12)4-15-16/h4-6,8H,3,7H2,1-2H3,(H,13,14). The van der Waals surface area contributed by atoms with Crippen molar-refractivity contribution in [3.05, 3.63) is 27.9 Å². The lowest BCUT2D eigenvalue weighted by Gasteiger charge is -2.04. The van der Waals surface area contributed by atoms with Gasteiger partial charge in [-0.3, -0.25) is 4.68 Å². The van der Waals surface area contributed by atoms with E-state index in [1.165, 1.54) is 4.88 Å². The molecule has 0 fully saturated rings. The monoisotopic (exact) mass is 314 g/mol. The zero-order valence-corrected chi connectivity index (χ0v) is 12.3. The molecule has 0 amide bonds. The summed E-state index contributed by atoms with van der Waals surface area (Å²) in [6.07, 6.45) is 5.66. The van der Waals surface area contributed by atoms with Gasteiger partial charge in [-0.2, -0.15) is 5.10 Å². The molecular weight excluding hydrogens is 300 g/mol.